The minimum atomic E-state index is 0.326. The lowest BCUT2D eigenvalue weighted by Crippen LogP contribution is -2.50. The van der Waals surface area contributed by atoms with Crippen LogP contribution in [-0.2, 0) is 6.42 Å². The highest BCUT2D eigenvalue weighted by Crippen LogP contribution is 2.34. The van der Waals surface area contributed by atoms with Crippen molar-refractivity contribution >= 4 is 5.69 Å². The van der Waals surface area contributed by atoms with Gasteiger partial charge in [0.1, 0.15) is 5.75 Å². The Hall–Kier alpha value is -1.22. The molecule has 0 aliphatic carbocycles. The lowest BCUT2D eigenvalue weighted by Gasteiger charge is -2.44. The molecule has 0 aromatic heterocycles. The molecule has 112 valence electrons. The third kappa shape index (κ3) is 2.93. The Bertz CT molecular complexity index is 448. The smallest absolute Gasteiger partial charge is 0.142 e. The van der Waals surface area contributed by atoms with Crippen LogP contribution in [0.3, 0.4) is 0 Å². The Morgan fingerprint density at radius 2 is 1.90 bits per heavy atom. The van der Waals surface area contributed by atoms with Crippen LogP contribution in [0.1, 0.15) is 32.3 Å². The molecule has 1 saturated heterocycles. The molecular formula is C17H28N2O. The highest BCUT2D eigenvalue weighted by Gasteiger charge is 2.32. The highest BCUT2D eigenvalue weighted by molar-refractivity contribution is 5.60. The van der Waals surface area contributed by atoms with E-state index >= 15 is 0 Å². The van der Waals surface area contributed by atoms with Crippen molar-refractivity contribution in [1.29, 1.82) is 0 Å². The molecule has 1 aliphatic rings. The highest BCUT2D eigenvalue weighted by atomic mass is 16.5. The number of anilines is 1. The summed E-state index contributed by atoms with van der Waals surface area (Å²) >= 11 is 0. The van der Waals surface area contributed by atoms with E-state index in [0.717, 1.165) is 25.3 Å². The first-order valence-corrected chi connectivity index (χ1v) is 7.59. The van der Waals surface area contributed by atoms with Crippen molar-refractivity contribution in [2.45, 2.75) is 38.6 Å². The van der Waals surface area contributed by atoms with E-state index < -0.39 is 0 Å². The fraction of sp³-hybridized carbons (Fsp3) is 0.647. The van der Waals surface area contributed by atoms with Crippen LogP contribution in [0.25, 0.3) is 0 Å². The average Bonchev–Trinajstić information content (AvgIpc) is 2.47. The number of hydrogen-bond donors (Lipinski definition) is 0. The number of methoxy groups -OCH3 is 1. The van der Waals surface area contributed by atoms with Crippen molar-refractivity contribution < 1.29 is 4.74 Å². The van der Waals surface area contributed by atoms with Gasteiger partial charge in [-0.05, 0) is 58.0 Å². The molecule has 1 aromatic rings. The molecule has 0 amide bonds. The zero-order valence-corrected chi connectivity index (χ0v) is 13.6. The standard InChI is InChI=1S/C17H28N2O/c1-6-14-7-8-15(16(13-14)20-5)19-11-9-17(2,10-12-19)18(3)4/h7-8,13H,6,9-12H2,1-5H3. The maximum Gasteiger partial charge on any atom is 0.142 e. The molecule has 20 heavy (non-hydrogen) atoms. The lowest BCUT2D eigenvalue weighted by atomic mass is 9.88. The zero-order valence-electron chi connectivity index (χ0n) is 13.6. The van der Waals surface area contributed by atoms with Gasteiger partial charge in [0.2, 0.25) is 0 Å². The number of hydrogen-bond acceptors (Lipinski definition) is 3. The van der Waals surface area contributed by atoms with E-state index in [9.17, 15) is 0 Å². The predicted molar refractivity (Wildman–Crippen MR) is 85.9 cm³/mol. The number of aryl methyl sites for hydroxylation is 1. The van der Waals surface area contributed by atoms with E-state index in [2.05, 4.69) is 55.9 Å². The van der Waals surface area contributed by atoms with Crippen LogP contribution < -0.4 is 9.64 Å². The summed E-state index contributed by atoms with van der Waals surface area (Å²) in [5, 5.41) is 0. The van der Waals surface area contributed by atoms with Gasteiger partial charge in [0.15, 0.2) is 0 Å². The molecule has 0 unspecified atom stereocenters. The van der Waals surface area contributed by atoms with E-state index in [1.807, 2.05) is 0 Å². The van der Waals surface area contributed by atoms with Crippen LogP contribution in [0.15, 0.2) is 18.2 Å². The normalized spacial score (nSPS) is 18.4. The number of piperidine rings is 1. The van der Waals surface area contributed by atoms with Crippen molar-refractivity contribution in [2.75, 3.05) is 39.2 Å². The molecule has 0 atom stereocenters. The SMILES string of the molecule is CCc1ccc(N2CCC(C)(N(C)C)CC2)c(OC)c1. The number of nitrogens with zero attached hydrogens (tertiary/aromatic N) is 2. The quantitative estimate of drug-likeness (QED) is 0.840. The molecule has 2 rings (SSSR count). The van der Waals surface area contributed by atoms with Gasteiger partial charge in [0.25, 0.3) is 0 Å². The van der Waals surface area contributed by atoms with Gasteiger partial charge in [-0.3, -0.25) is 0 Å². The Kier molecular flexibility index (Phi) is 4.59. The molecular weight excluding hydrogens is 248 g/mol. The summed E-state index contributed by atoms with van der Waals surface area (Å²) in [6, 6.07) is 6.61. The van der Waals surface area contributed by atoms with Crippen LogP contribution in [0, 0.1) is 0 Å². The Morgan fingerprint density at radius 1 is 1.25 bits per heavy atom. The molecule has 0 N–H and O–H groups in total. The number of ether oxygens (including phenoxy) is 1. The number of rotatable bonds is 4. The van der Waals surface area contributed by atoms with Gasteiger partial charge in [-0.1, -0.05) is 13.0 Å². The van der Waals surface area contributed by atoms with E-state index in [1.165, 1.54) is 24.1 Å². The Labute approximate surface area is 123 Å². The van der Waals surface area contributed by atoms with Crippen LogP contribution in [0.4, 0.5) is 5.69 Å². The van der Waals surface area contributed by atoms with Gasteiger partial charge in [-0.15, -0.1) is 0 Å². The fourth-order valence-corrected chi connectivity index (χ4v) is 2.88. The van der Waals surface area contributed by atoms with E-state index in [0.29, 0.717) is 5.54 Å². The van der Waals surface area contributed by atoms with Gasteiger partial charge in [-0.2, -0.15) is 0 Å². The summed E-state index contributed by atoms with van der Waals surface area (Å²) in [5.74, 6) is 1.01. The fourth-order valence-electron chi connectivity index (χ4n) is 2.88. The van der Waals surface area contributed by atoms with Crippen molar-refractivity contribution in [1.82, 2.24) is 4.90 Å². The van der Waals surface area contributed by atoms with Gasteiger partial charge in [-0.25, -0.2) is 0 Å². The second-order valence-electron chi connectivity index (χ2n) is 6.24. The molecule has 3 nitrogen and oxygen atoms in total. The maximum atomic E-state index is 5.59. The van der Waals surface area contributed by atoms with Gasteiger partial charge in [0.05, 0.1) is 12.8 Å². The monoisotopic (exact) mass is 276 g/mol. The predicted octanol–water partition coefficient (Wildman–Crippen LogP) is 3.18. The molecule has 1 aromatic carbocycles. The minimum Gasteiger partial charge on any atom is -0.495 e. The van der Waals surface area contributed by atoms with Gasteiger partial charge >= 0.3 is 0 Å². The Morgan fingerprint density at radius 3 is 2.40 bits per heavy atom. The summed E-state index contributed by atoms with van der Waals surface area (Å²) in [4.78, 5) is 4.82. The molecule has 1 aliphatic heterocycles. The second-order valence-corrected chi connectivity index (χ2v) is 6.24. The topological polar surface area (TPSA) is 15.7 Å². The largest absolute Gasteiger partial charge is 0.495 e. The second kappa shape index (κ2) is 6.04. The molecule has 0 saturated carbocycles. The molecule has 3 heteroatoms. The first kappa shape index (κ1) is 15.2. The Balaban J connectivity index is 2.14. The molecule has 1 heterocycles. The first-order valence-electron chi connectivity index (χ1n) is 7.59. The van der Waals surface area contributed by atoms with E-state index in [4.69, 9.17) is 4.74 Å². The van der Waals surface area contributed by atoms with Crippen molar-refractivity contribution in [3.63, 3.8) is 0 Å². The summed E-state index contributed by atoms with van der Waals surface area (Å²) in [6.45, 7) is 6.73. The van der Waals surface area contributed by atoms with E-state index in [-0.39, 0.29) is 0 Å². The zero-order chi connectivity index (χ0) is 14.8. The molecule has 0 spiro atoms. The third-order valence-corrected chi connectivity index (χ3v) is 4.91. The summed E-state index contributed by atoms with van der Waals surface area (Å²) in [5.41, 5.74) is 2.90. The van der Waals surface area contributed by atoms with E-state index in [1.54, 1.807) is 7.11 Å². The summed E-state index contributed by atoms with van der Waals surface area (Å²) < 4.78 is 5.59. The van der Waals surface area contributed by atoms with Crippen LogP contribution in [0.5, 0.6) is 5.75 Å². The van der Waals surface area contributed by atoms with Gasteiger partial charge in [0, 0.05) is 18.6 Å². The number of benzene rings is 1. The lowest BCUT2D eigenvalue weighted by molar-refractivity contribution is 0.137. The van der Waals surface area contributed by atoms with Gasteiger partial charge < -0.3 is 14.5 Å². The molecule has 0 bridgehead atoms. The van der Waals surface area contributed by atoms with Crippen molar-refractivity contribution in [2.24, 2.45) is 0 Å². The van der Waals surface area contributed by atoms with Crippen LogP contribution in [0.2, 0.25) is 0 Å². The van der Waals surface area contributed by atoms with Crippen LogP contribution in [-0.4, -0.2) is 44.7 Å². The summed E-state index contributed by atoms with van der Waals surface area (Å²) in [6.07, 6.45) is 3.44. The summed E-state index contributed by atoms with van der Waals surface area (Å²) in [7, 11) is 6.14. The third-order valence-electron chi connectivity index (χ3n) is 4.91. The van der Waals surface area contributed by atoms with Crippen molar-refractivity contribution in [3.05, 3.63) is 23.8 Å². The molecule has 0 radical (unpaired) electrons. The average molecular weight is 276 g/mol. The first-order chi connectivity index (χ1) is 9.50. The van der Waals surface area contributed by atoms with Crippen LogP contribution >= 0.6 is 0 Å². The maximum absolute atomic E-state index is 5.59. The van der Waals surface area contributed by atoms with Crippen molar-refractivity contribution in [3.8, 4) is 5.75 Å². The molecule has 1 fully saturated rings. The minimum absolute atomic E-state index is 0.326.